The molecule has 0 aliphatic heterocycles. The van der Waals surface area contributed by atoms with E-state index in [0.717, 1.165) is 0 Å². The molecule has 1 aliphatic carbocycles. The second-order valence-electron chi connectivity index (χ2n) is 6.54. The first-order valence-electron chi connectivity index (χ1n) is 7.79. The molecule has 188 valence electrons. The molecule has 0 aromatic heterocycles. The standard InChI is InChI=1S/C16H2F15NO2/c17-7-3(2-32)8(18)10(20)6(9(7)19)4(33)1-5(34)11(16(29,30)31)12(21,22)14(25,26)15(27,28)13(11,23)24/h1,33H/p-1/b4-1-. The Kier molecular flexibility index (Phi) is 5.73. The third-order valence-corrected chi connectivity index (χ3v) is 4.80. The van der Waals surface area contributed by atoms with Crippen LogP contribution in [0.25, 0.3) is 5.76 Å². The summed E-state index contributed by atoms with van der Waals surface area (Å²) in [7, 11) is 0. The van der Waals surface area contributed by atoms with Gasteiger partial charge in [-0.1, -0.05) is 5.76 Å². The van der Waals surface area contributed by atoms with Gasteiger partial charge in [0.2, 0.25) is 0 Å². The number of hydrogen-bond donors (Lipinski definition) is 0. The van der Waals surface area contributed by atoms with Gasteiger partial charge in [-0.3, -0.25) is 4.79 Å². The van der Waals surface area contributed by atoms with Gasteiger partial charge in [0, 0.05) is 5.56 Å². The summed E-state index contributed by atoms with van der Waals surface area (Å²) in [5.74, 6) is -49.3. The number of ketones is 1. The second-order valence-corrected chi connectivity index (χ2v) is 6.54. The van der Waals surface area contributed by atoms with E-state index in [1.165, 1.54) is 0 Å². The van der Waals surface area contributed by atoms with Gasteiger partial charge < -0.3 is 5.11 Å². The van der Waals surface area contributed by atoms with Gasteiger partial charge in [-0.2, -0.15) is 53.6 Å². The van der Waals surface area contributed by atoms with E-state index >= 15 is 0 Å². The first-order chi connectivity index (χ1) is 15.0. The van der Waals surface area contributed by atoms with E-state index in [9.17, 15) is 75.8 Å². The summed E-state index contributed by atoms with van der Waals surface area (Å²) in [5, 5.41) is 20.1. The van der Waals surface area contributed by atoms with Crippen molar-refractivity contribution in [1.82, 2.24) is 0 Å². The molecule has 3 nitrogen and oxygen atoms in total. The van der Waals surface area contributed by atoms with E-state index in [1.807, 2.05) is 0 Å². The van der Waals surface area contributed by atoms with Crippen LogP contribution in [0.3, 0.4) is 0 Å². The molecule has 0 amide bonds. The predicted octanol–water partition coefficient (Wildman–Crippen LogP) is 4.49. The van der Waals surface area contributed by atoms with Crippen LogP contribution in [0.4, 0.5) is 65.9 Å². The molecule has 0 bridgehead atoms. The fourth-order valence-corrected chi connectivity index (χ4v) is 3.11. The smallest absolute Gasteiger partial charge is 0.414 e. The number of rotatable bonds is 3. The Morgan fingerprint density at radius 2 is 1.12 bits per heavy atom. The van der Waals surface area contributed by atoms with Gasteiger partial charge in [-0.05, 0) is 6.08 Å². The number of nitrogens with zero attached hydrogens (tertiary/aromatic N) is 1. The summed E-state index contributed by atoms with van der Waals surface area (Å²) in [6.07, 6.45) is -9.46. The first kappa shape index (κ1) is 27.1. The molecule has 2 rings (SSSR count). The minimum atomic E-state index is -7.69. The van der Waals surface area contributed by atoms with E-state index in [-0.39, 0.29) is 0 Å². The van der Waals surface area contributed by atoms with Crippen molar-refractivity contribution >= 4 is 11.5 Å². The molecule has 18 heteroatoms. The van der Waals surface area contributed by atoms with Crippen LogP contribution >= 0.6 is 0 Å². The van der Waals surface area contributed by atoms with Crippen LogP contribution < -0.4 is 5.11 Å². The molecule has 34 heavy (non-hydrogen) atoms. The molecule has 0 atom stereocenters. The number of nitriles is 1. The molecule has 1 aromatic rings. The van der Waals surface area contributed by atoms with Crippen LogP contribution in [-0.2, 0) is 4.79 Å². The zero-order valence-electron chi connectivity index (χ0n) is 15.0. The largest absolute Gasteiger partial charge is 0.872 e. The van der Waals surface area contributed by atoms with Gasteiger partial charge >= 0.3 is 29.9 Å². The zero-order chi connectivity index (χ0) is 27.0. The topological polar surface area (TPSA) is 63.9 Å². The van der Waals surface area contributed by atoms with E-state index < -0.39 is 87.3 Å². The lowest BCUT2D eigenvalue weighted by atomic mass is 9.74. The maximum atomic E-state index is 13.9. The number of halogens is 15. The lowest BCUT2D eigenvalue weighted by molar-refractivity contribution is -0.341. The molecule has 1 saturated carbocycles. The zero-order valence-corrected chi connectivity index (χ0v) is 15.0. The van der Waals surface area contributed by atoms with E-state index in [2.05, 4.69) is 0 Å². The van der Waals surface area contributed by atoms with Crippen molar-refractivity contribution in [3.8, 4) is 6.07 Å². The average molecular weight is 524 g/mol. The van der Waals surface area contributed by atoms with Crippen molar-refractivity contribution in [3.63, 3.8) is 0 Å². The fourth-order valence-electron chi connectivity index (χ4n) is 3.11. The SMILES string of the molecule is N#Cc1c(F)c(F)c(/C([O-])=C/C(=O)C2(C(F)(F)F)C(F)(F)C(F)(F)C(F)(F)C2(F)F)c(F)c1F. The Morgan fingerprint density at radius 3 is 1.41 bits per heavy atom. The number of hydrogen-bond acceptors (Lipinski definition) is 3. The Bertz CT molecular complexity index is 1090. The van der Waals surface area contributed by atoms with Crippen LogP contribution in [0.1, 0.15) is 11.1 Å². The van der Waals surface area contributed by atoms with Crippen molar-refractivity contribution in [2.24, 2.45) is 5.41 Å². The highest BCUT2D eigenvalue weighted by Gasteiger charge is 3.06. The lowest BCUT2D eigenvalue weighted by Gasteiger charge is -2.37. The van der Waals surface area contributed by atoms with Crippen molar-refractivity contribution in [2.45, 2.75) is 29.9 Å². The minimum Gasteiger partial charge on any atom is -0.872 e. The van der Waals surface area contributed by atoms with Crippen LogP contribution in [-0.4, -0.2) is 35.6 Å². The molecule has 1 aromatic carbocycles. The number of carbonyl (C=O) groups is 1. The number of carbonyl (C=O) groups excluding carboxylic acids is 1. The Labute approximate surface area is 175 Å². The highest BCUT2D eigenvalue weighted by atomic mass is 19.4. The maximum Gasteiger partial charge on any atom is 0.414 e. The van der Waals surface area contributed by atoms with Gasteiger partial charge in [0.05, 0.1) is 0 Å². The second kappa shape index (κ2) is 7.18. The molecule has 0 unspecified atom stereocenters. The van der Waals surface area contributed by atoms with Crippen molar-refractivity contribution in [1.29, 1.82) is 5.26 Å². The molecule has 0 radical (unpaired) electrons. The maximum absolute atomic E-state index is 13.9. The third-order valence-electron chi connectivity index (χ3n) is 4.80. The molecule has 0 N–H and O–H groups in total. The Hall–Kier alpha value is -3.13. The van der Waals surface area contributed by atoms with Crippen LogP contribution in [0.5, 0.6) is 0 Å². The summed E-state index contributed by atoms with van der Waals surface area (Å²) in [6.45, 7) is 0. The Morgan fingerprint density at radius 1 is 0.765 bits per heavy atom. The number of alkyl halides is 11. The lowest BCUT2D eigenvalue weighted by Crippen LogP contribution is -2.64. The quantitative estimate of drug-likeness (QED) is 0.254. The number of allylic oxidation sites excluding steroid dienone is 1. The monoisotopic (exact) mass is 524 g/mol. The first-order valence-corrected chi connectivity index (χ1v) is 7.79. The summed E-state index contributed by atoms with van der Waals surface area (Å²) in [6, 6.07) is 0.530. The van der Waals surface area contributed by atoms with E-state index in [0.29, 0.717) is 6.07 Å². The van der Waals surface area contributed by atoms with Gasteiger partial charge in [0.1, 0.15) is 11.6 Å². The third kappa shape index (κ3) is 2.72. The molecular formula is C16HF15NO2-. The minimum absolute atomic E-state index is 0.530. The highest BCUT2D eigenvalue weighted by molar-refractivity contribution is 6.02. The van der Waals surface area contributed by atoms with Crippen LogP contribution in [0.2, 0.25) is 0 Å². The van der Waals surface area contributed by atoms with E-state index in [4.69, 9.17) is 5.26 Å². The van der Waals surface area contributed by atoms with Crippen molar-refractivity contribution in [3.05, 3.63) is 40.5 Å². The van der Waals surface area contributed by atoms with Crippen LogP contribution in [0.15, 0.2) is 6.08 Å². The Balaban J connectivity index is 2.95. The molecular weight excluding hydrogens is 523 g/mol. The van der Waals surface area contributed by atoms with Gasteiger partial charge in [-0.25, -0.2) is 17.6 Å². The van der Waals surface area contributed by atoms with Crippen molar-refractivity contribution < 1.29 is 75.8 Å². The summed E-state index contributed by atoms with van der Waals surface area (Å²) < 4.78 is 204. The summed E-state index contributed by atoms with van der Waals surface area (Å²) in [5.41, 5.74) is -12.2. The fraction of sp³-hybridized carbons (Fsp3) is 0.375. The van der Waals surface area contributed by atoms with Gasteiger partial charge in [-0.15, -0.1) is 0 Å². The molecule has 1 fully saturated rings. The molecule has 0 saturated heterocycles. The summed E-state index contributed by atoms with van der Waals surface area (Å²) in [4.78, 5) is 11.8. The predicted molar refractivity (Wildman–Crippen MR) is 72.2 cm³/mol. The van der Waals surface area contributed by atoms with Gasteiger partial charge in [0.25, 0.3) is 5.41 Å². The molecule has 1 aliphatic rings. The van der Waals surface area contributed by atoms with E-state index in [1.54, 1.807) is 0 Å². The van der Waals surface area contributed by atoms with Crippen LogP contribution in [0, 0.1) is 40.0 Å². The van der Waals surface area contributed by atoms with Crippen molar-refractivity contribution in [2.75, 3.05) is 0 Å². The molecule has 0 spiro atoms. The number of benzene rings is 1. The highest BCUT2D eigenvalue weighted by Crippen LogP contribution is 2.75. The van der Waals surface area contributed by atoms with Gasteiger partial charge in [0.15, 0.2) is 29.1 Å². The average Bonchev–Trinajstić information content (AvgIpc) is 2.71. The normalized spacial score (nSPS) is 22.4. The molecule has 0 heterocycles. The summed E-state index contributed by atoms with van der Waals surface area (Å²) >= 11 is 0.